The van der Waals surface area contributed by atoms with Crippen LogP contribution in [0.25, 0.3) is 5.57 Å². The van der Waals surface area contributed by atoms with Gasteiger partial charge in [0.25, 0.3) is 0 Å². The van der Waals surface area contributed by atoms with Gasteiger partial charge < -0.3 is 14.4 Å². The van der Waals surface area contributed by atoms with Gasteiger partial charge >= 0.3 is 0 Å². The molecule has 0 aromatic heterocycles. The summed E-state index contributed by atoms with van der Waals surface area (Å²) in [6, 6.07) is 21.8. The van der Waals surface area contributed by atoms with E-state index in [-0.39, 0.29) is 5.54 Å². The second-order valence-electron chi connectivity index (χ2n) is 8.32. The van der Waals surface area contributed by atoms with E-state index in [1.165, 1.54) is 16.8 Å². The summed E-state index contributed by atoms with van der Waals surface area (Å²) in [5, 5.41) is 0. The van der Waals surface area contributed by atoms with Gasteiger partial charge in [0.05, 0.1) is 18.3 Å². The minimum absolute atomic E-state index is 0.0142. The van der Waals surface area contributed by atoms with Crippen LogP contribution < -0.4 is 14.4 Å². The van der Waals surface area contributed by atoms with E-state index in [4.69, 9.17) is 9.47 Å². The minimum atomic E-state index is 0.0142. The molecule has 1 heterocycles. The lowest BCUT2D eigenvalue weighted by Gasteiger charge is -2.40. The van der Waals surface area contributed by atoms with Crippen LogP contribution in [-0.4, -0.2) is 25.9 Å². The summed E-state index contributed by atoms with van der Waals surface area (Å²) in [6.07, 6.45) is 4.22. The van der Waals surface area contributed by atoms with Crippen molar-refractivity contribution >= 4 is 23.2 Å². The zero-order chi connectivity index (χ0) is 22.0. The number of rotatable bonds is 5. The Morgan fingerprint density at radius 1 is 0.935 bits per heavy atom. The number of hydrogen-bond donors (Lipinski definition) is 0. The molecule has 0 spiro atoms. The van der Waals surface area contributed by atoms with Gasteiger partial charge in [-0.2, -0.15) is 0 Å². The number of ether oxygens (including phenoxy) is 2. The van der Waals surface area contributed by atoms with Gasteiger partial charge in [-0.05, 0) is 80.4 Å². The number of fused-ring (bicyclic) bond motifs is 1. The molecule has 0 aliphatic carbocycles. The van der Waals surface area contributed by atoms with E-state index in [1.807, 2.05) is 54.7 Å². The van der Waals surface area contributed by atoms with E-state index < -0.39 is 0 Å². The Morgan fingerprint density at radius 3 is 2.35 bits per heavy atom. The zero-order valence-electron chi connectivity index (χ0n) is 18.7. The molecule has 31 heavy (non-hydrogen) atoms. The van der Waals surface area contributed by atoms with Gasteiger partial charge in [-0.1, -0.05) is 24.3 Å². The summed E-state index contributed by atoms with van der Waals surface area (Å²) in [6.45, 7) is 6.64. The molecule has 1 aliphatic heterocycles. The molecule has 0 amide bonds. The van der Waals surface area contributed by atoms with Crippen molar-refractivity contribution in [2.45, 2.75) is 26.3 Å². The first-order valence-electron chi connectivity index (χ1n) is 10.4. The predicted molar refractivity (Wildman–Crippen MR) is 129 cm³/mol. The Morgan fingerprint density at radius 2 is 1.65 bits per heavy atom. The number of anilines is 1. The number of para-hydroxylation sites is 2. The second-order valence-corrected chi connectivity index (χ2v) is 8.32. The summed E-state index contributed by atoms with van der Waals surface area (Å²) < 4.78 is 11.3. The molecule has 4 nitrogen and oxygen atoms in total. The summed E-state index contributed by atoms with van der Waals surface area (Å²) in [4.78, 5) is 6.96. The van der Waals surface area contributed by atoms with Crippen molar-refractivity contribution in [1.29, 1.82) is 0 Å². The summed E-state index contributed by atoms with van der Waals surface area (Å²) in [5.74, 6) is 2.13. The van der Waals surface area contributed by atoms with Gasteiger partial charge in [-0.3, -0.25) is 4.99 Å². The SMILES string of the molecule is COc1ccccc1Oc1ccc(N=Cc2ccc3c(c2)C(C)=CC(C)(C)N3C)cc1. The van der Waals surface area contributed by atoms with E-state index in [0.717, 1.165) is 17.0 Å². The summed E-state index contributed by atoms with van der Waals surface area (Å²) in [5.41, 5.74) is 5.77. The first kappa shape index (κ1) is 20.7. The van der Waals surface area contributed by atoms with Crippen LogP contribution in [0, 0.1) is 0 Å². The Hall–Kier alpha value is -3.53. The van der Waals surface area contributed by atoms with Crippen molar-refractivity contribution in [3.05, 3.63) is 83.9 Å². The topological polar surface area (TPSA) is 34.1 Å². The first-order valence-corrected chi connectivity index (χ1v) is 10.4. The summed E-state index contributed by atoms with van der Waals surface area (Å²) in [7, 11) is 3.78. The molecule has 0 unspecified atom stereocenters. The first-order chi connectivity index (χ1) is 14.9. The fourth-order valence-electron chi connectivity index (χ4n) is 3.84. The van der Waals surface area contributed by atoms with Gasteiger partial charge in [0.15, 0.2) is 11.5 Å². The van der Waals surface area contributed by atoms with Gasteiger partial charge in [0.2, 0.25) is 0 Å². The highest BCUT2D eigenvalue weighted by molar-refractivity contribution is 5.88. The number of nitrogens with zero attached hydrogens (tertiary/aromatic N) is 2. The Balaban J connectivity index is 1.50. The van der Waals surface area contributed by atoms with Crippen molar-refractivity contribution in [1.82, 2.24) is 0 Å². The molecular formula is C27H28N2O2. The molecule has 3 aromatic rings. The Kier molecular flexibility index (Phi) is 5.55. The number of likely N-dealkylation sites (N-methyl/N-ethyl adjacent to an activating group) is 1. The fraction of sp³-hybridized carbons (Fsp3) is 0.222. The van der Waals surface area contributed by atoms with Crippen LogP contribution in [0.1, 0.15) is 31.9 Å². The third kappa shape index (κ3) is 4.33. The number of allylic oxidation sites excluding steroid dienone is 1. The van der Waals surface area contributed by atoms with Crippen LogP contribution in [0.3, 0.4) is 0 Å². The quantitative estimate of drug-likeness (QED) is 0.429. The fourth-order valence-corrected chi connectivity index (χ4v) is 3.84. The zero-order valence-corrected chi connectivity index (χ0v) is 18.7. The molecule has 1 aliphatic rings. The minimum Gasteiger partial charge on any atom is -0.493 e. The number of benzene rings is 3. The van der Waals surface area contributed by atoms with Crippen molar-refractivity contribution in [2.24, 2.45) is 4.99 Å². The molecule has 0 saturated carbocycles. The van der Waals surface area contributed by atoms with Gasteiger partial charge in [0.1, 0.15) is 5.75 Å². The van der Waals surface area contributed by atoms with Crippen molar-refractivity contribution in [2.75, 3.05) is 19.1 Å². The van der Waals surface area contributed by atoms with Crippen LogP contribution in [0.2, 0.25) is 0 Å². The monoisotopic (exact) mass is 412 g/mol. The average molecular weight is 413 g/mol. The van der Waals surface area contributed by atoms with E-state index in [1.54, 1.807) is 7.11 Å². The third-order valence-electron chi connectivity index (χ3n) is 5.74. The van der Waals surface area contributed by atoms with Gasteiger partial charge in [-0.25, -0.2) is 0 Å². The van der Waals surface area contributed by atoms with Crippen molar-refractivity contribution < 1.29 is 9.47 Å². The number of hydrogen-bond acceptors (Lipinski definition) is 4. The highest BCUT2D eigenvalue weighted by atomic mass is 16.5. The normalized spacial score (nSPS) is 14.9. The van der Waals surface area contributed by atoms with Crippen LogP contribution in [0.15, 0.2) is 77.8 Å². The standard InChI is InChI=1S/C27H28N2O2/c1-19-17-27(2,3)29(4)24-15-10-20(16-23(19)24)18-28-21-11-13-22(14-12-21)31-26-9-7-6-8-25(26)30-5/h6-18H,1-5H3. The lowest BCUT2D eigenvalue weighted by Crippen LogP contribution is -2.42. The molecule has 0 fully saturated rings. The molecular weight excluding hydrogens is 384 g/mol. The number of methoxy groups -OCH3 is 1. The molecule has 0 atom stereocenters. The maximum Gasteiger partial charge on any atom is 0.169 e. The highest BCUT2D eigenvalue weighted by Crippen LogP contribution is 2.38. The molecule has 0 bridgehead atoms. The predicted octanol–water partition coefficient (Wildman–Crippen LogP) is 6.87. The molecule has 4 heteroatoms. The van der Waals surface area contributed by atoms with Crippen LogP contribution in [-0.2, 0) is 0 Å². The molecule has 4 rings (SSSR count). The van der Waals surface area contributed by atoms with Crippen LogP contribution in [0.4, 0.5) is 11.4 Å². The van der Waals surface area contributed by atoms with Crippen molar-refractivity contribution in [3.63, 3.8) is 0 Å². The third-order valence-corrected chi connectivity index (χ3v) is 5.74. The lowest BCUT2D eigenvalue weighted by molar-refractivity contribution is 0.379. The van der Waals surface area contributed by atoms with E-state index >= 15 is 0 Å². The molecule has 158 valence electrons. The lowest BCUT2D eigenvalue weighted by atomic mass is 9.89. The largest absolute Gasteiger partial charge is 0.493 e. The molecule has 0 N–H and O–H groups in total. The van der Waals surface area contributed by atoms with Gasteiger partial charge in [0, 0.05) is 24.5 Å². The average Bonchev–Trinajstić information content (AvgIpc) is 2.77. The second kappa shape index (κ2) is 8.31. The smallest absolute Gasteiger partial charge is 0.169 e. The molecule has 3 aromatic carbocycles. The van der Waals surface area contributed by atoms with Crippen LogP contribution >= 0.6 is 0 Å². The molecule has 0 saturated heterocycles. The van der Waals surface area contributed by atoms with Crippen LogP contribution in [0.5, 0.6) is 17.2 Å². The summed E-state index contributed by atoms with van der Waals surface area (Å²) >= 11 is 0. The maximum atomic E-state index is 5.93. The Bertz CT molecular complexity index is 1140. The van der Waals surface area contributed by atoms with Crippen molar-refractivity contribution in [3.8, 4) is 17.2 Å². The van der Waals surface area contributed by atoms with E-state index in [2.05, 4.69) is 62.0 Å². The Labute approximate surface area is 184 Å². The van der Waals surface area contributed by atoms with E-state index in [0.29, 0.717) is 11.5 Å². The highest BCUT2D eigenvalue weighted by Gasteiger charge is 2.28. The molecule has 0 radical (unpaired) electrons. The number of aliphatic imine (C=N–C) groups is 1. The van der Waals surface area contributed by atoms with Gasteiger partial charge in [-0.15, -0.1) is 0 Å². The van der Waals surface area contributed by atoms with E-state index in [9.17, 15) is 0 Å². The maximum absolute atomic E-state index is 5.93.